The van der Waals surface area contributed by atoms with Crippen LogP contribution in [0.25, 0.3) is 0 Å². The number of piperidine rings is 1. The first-order valence-electron chi connectivity index (χ1n) is 11.5. The highest BCUT2D eigenvalue weighted by molar-refractivity contribution is 6.06. The maximum Gasteiger partial charge on any atom is 0.393 e. The van der Waals surface area contributed by atoms with E-state index in [2.05, 4.69) is 5.32 Å². The standard InChI is InChI=1S/C23H29F3N4O3/c24-23(25,26)15(12-27)9-11-29(10-8-14-4-5-14)18-3-1-2-16-17(18)13-30(22(16)33)19-6-7-20(31)28-21(19)32/h1-3,14-15,19H,4-13,27H2,(H,28,31,32). The zero-order valence-electron chi connectivity index (χ0n) is 18.4. The van der Waals surface area contributed by atoms with Crippen LogP contribution in [0.5, 0.6) is 0 Å². The molecule has 3 amide bonds. The minimum atomic E-state index is -4.35. The number of hydrogen-bond acceptors (Lipinski definition) is 5. The Morgan fingerprint density at radius 1 is 1.15 bits per heavy atom. The van der Waals surface area contributed by atoms with Gasteiger partial charge < -0.3 is 15.5 Å². The first kappa shape index (κ1) is 23.5. The Hall–Kier alpha value is -2.62. The molecule has 0 spiro atoms. The molecular formula is C23H29F3N4O3. The zero-order valence-corrected chi connectivity index (χ0v) is 18.4. The maximum atomic E-state index is 13.3. The lowest BCUT2D eigenvalue weighted by molar-refractivity contribution is -0.172. The minimum absolute atomic E-state index is 0.126. The number of rotatable bonds is 9. The number of carbonyl (C=O) groups excluding carboxylic acids is 3. The molecular weight excluding hydrogens is 437 g/mol. The molecule has 10 heteroatoms. The monoisotopic (exact) mass is 466 g/mol. The molecule has 0 bridgehead atoms. The van der Waals surface area contributed by atoms with E-state index >= 15 is 0 Å². The third kappa shape index (κ3) is 5.15. The molecule has 4 rings (SSSR count). The Bertz CT molecular complexity index is 932. The Labute approximate surface area is 190 Å². The third-order valence-corrected chi connectivity index (χ3v) is 6.90. The summed E-state index contributed by atoms with van der Waals surface area (Å²) in [5, 5.41) is 2.28. The zero-order chi connectivity index (χ0) is 23.8. The van der Waals surface area contributed by atoms with Gasteiger partial charge in [-0.15, -0.1) is 0 Å². The van der Waals surface area contributed by atoms with E-state index in [0.29, 0.717) is 18.0 Å². The van der Waals surface area contributed by atoms with Crippen molar-refractivity contribution in [3.8, 4) is 0 Å². The SMILES string of the molecule is NCC(CCN(CCC1CC1)c1cccc2c1CN(C1CCC(=O)NC1=O)C2=O)C(F)(F)F. The fraction of sp³-hybridized carbons (Fsp3) is 0.609. The highest BCUT2D eigenvalue weighted by atomic mass is 19.4. The highest BCUT2D eigenvalue weighted by Crippen LogP contribution is 2.37. The van der Waals surface area contributed by atoms with Crippen LogP contribution in [0.2, 0.25) is 0 Å². The molecule has 2 aliphatic heterocycles. The molecule has 2 fully saturated rings. The van der Waals surface area contributed by atoms with Crippen LogP contribution in [0, 0.1) is 11.8 Å². The van der Waals surface area contributed by atoms with Crippen LogP contribution < -0.4 is 16.0 Å². The average Bonchev–Trinajstić information content (AvgIpc) is 3.52. The molecule has 1 saturated carbocycles. The van der Waals surface area contributed by atoms with Crippen molar-refractivity contribution in [2.45, 2.75) is 57.3 Å². The number of carbonyl (C=O) groups is 3. The van der Waals surface area contributed by atoms with Gasteiger partial charge in [0.1, 0.15) is 6.04 Å². The molecule has 2 atom stereocenters. The van der Waals surface area contributed by atoms with Crippen LogP contribution in [0.15, 0.2) is 18.2 Å². The van der Waals surface area contributed by atoms with E-state index in [0.717, 1.165) is 30.5 Å². The third-order valence-electron chi connectivity index (χ3n) is 6.90. The molecule has 0 radical (unpaired) electrons. The number of benzene rings is 1. The number of halogens is 3. The van der Waals surface area contributed by atoms with Gasteiger partial charge in [0, 0.05) is 49.4 Å². The van der Waals surface area contributed by atoms with E-state index in [4.69, 9.17) is 5.73 Å². The van der Waals surface area contributed by atoms with Gasteiger partial charge in [-0.3, -0.25) is 19.7 Å². The lowest BCUT2D eigenvalue weighted by atomic mass is 10.0. The van der Waals surface area contributed by atoms with Gasteiger partial charge in [-0.1, -0.05) is 18.9 Å². The minimum Gasteiger partial charge on any atom is -0.371 e. The molecule has 1 saturated heterocycles. The van der Waals surface area contributed by atoms with Crippen molar-refractivity contribution in [1.82, 2.24) is 10.2 Å². The molecule has 3 aliphatic rings. The van der Waals surface area contributed by atoms with Gasteiger partial charge in [0.05, 0.1) is 5.92 Å². The van der Waals surface area contributed by atoms with Crippen LogP contribution in [-0.4, -0.2) is 54.5 Å². The molecule has 7 nitrogen and oxygen atoms in total. The first-order valence-corrected chi connectivity index (χ1v) is 11.5. The van der Waals surface area contributed by atoms with Crippen molar-refractivity contribution >= 4 is 23.4 Å². The normalized spacial score (nSPS) is 21.8. The van der Waals surface area contributed by atoms with Crippen LogP contribution in [0.4, 0.5) is 18.9 Å². The predicted octanol–water partition coefficient (Wildman–Crippen LogP) is 2.58. The van der Waals surface area contributed by atoms with E-state index in [1.807, 2.05) is 11.0 Å². The van der Waals surface area contributed by atoms with Crippen LogP contribution in [-0.2, 0) is 16.1 Å². The fourth-order valence-corrected chi connectivity index (χ4v) is 4.69. The summed E-state index contributed by atoms with van der Waals surface area (Å²) in [4.78, 5) is 40.3. The molecule has 1 aliphatic carbocycles. The number of anilines is 1. The van der Waals surface area contributed by atoms with E-state index in [1.165, 1.54) is 4.90 Å². The summed E-state index contributed by atoms with van der Waals surface area (Å²) < 4.78 is 39.8. The number of imide groups is 1. The molecule has 33 heavy (non-hydrogen) atoms. The summed E-state index contributed by atoms with van der Waals surface area (Å²) in [5.41, 5.74) is 7.31. The molecule has 180 valence electrons. The summed E-state index contributed by atoms with van der Waals surface area (Å²) in [5.74, 6) is -2.13. The molecule has 1 aromatic rings. The molecule has 2 heterocycles. The largest absolute Gasteiger partial charge is 0.393 e. The van der Waals surface area contributed by atoms with E-state index in [1.54, 1.807) is 12.1 Å². The lowest BCUT2D eigenvalue weighted by Crippen LogP contribution is -2.52. The summed E-state index contributed by atoms with van der Waals surface area (Å²) in [6.07, 6.45) is -0.905. The quantitative estimate of drug-likeness (QED) is 0.546. The second-order valence-corrected chi connectivity index (χ2v) is 9.19. The smallest absolute Gasteiger partial charge is 0.371 e. The van der Waals surface area contributed by atoms with Crippen molar-refractivity contribution in [2.24, 2.45) is 17.6 Å². The number of nitrogens with two attached hydrogens (primary N) is 1. The topological polar surface area (TPSA) is 95.7 Å². The van der Waals surface area contributed by atoms with Gasteiger partial charge in [-0.05, 0) is 37.3 Å². The van der Waals surface area contributed by atoms with Crippen molar-refractivity contribution in [3.63, 3.8) is 0 Å². The van der Waals surface area contributed by atoms with Crippen LogP contribution in [0.3, 0.4) is 0 Å². The van der Waals surface area contributed by atoms with Crippen LogP contribution >= 0.6 is 0 Å². The van der Waals surface area contributed by atoms with Crippen LogP contribution in [0.1, 0.15) is 54.4 Å². The number of fused-ring (bicyclic) bond motifs is 1. The highest BCUT2D eigenvalue weighted by Gasteiger charge is 2.41. The van der Waals surface area contributed by atoms with E-state index in [-0.39, 0.29) is 44.2 Å². The van der Waals surface area contributed by atoms with Gasteiger partial charge >= 0.3 is 6.18 Å². The number of nitrogens with zero attached hydrogens (tertiary/aromatic N) is 2. The Morgan fingerprint density at radius 2 is 1.91 bits per heavy atom. The number of nitrogens with one attached hydrogen (secondary N) is 1. The lowest BCUT2D eigenvalue weighted by Gasteiger charge is -2.31. The van der Waals surface area contributed by atoms with E-state index < -0.39 is 30.6 Å². The molecule has 3 N–H and O–H groups in total. The van der Waals surface area contributed by atoms with Crippen molar-refractivity contribution in [3.05, 3.63) is 29.3 Å². The Balaban J connectivity index is 1.56. The summed E-state index contributed by atoms with van der Waals surface area (Å²) in [7, 11) is 0. The molecule has 0 aromatic heterocycles. The predicted molar refractivity (Wildman–Crippen MR) is 115 cm³/mol. The summed E-state index contributed by atoms with van der Waals surface area (Å²) in [6, 6.07) is 4.51. The Morgan fingerprint density at radius 3 is 2.55 bits per heavy atom. The Kier molecular flexibility index (Phi) is 6.65. The number of hydrogen-bond donors (Lipinski definition) is 2. The van der Waals surface area contributed by atoms with Gasteiger partial charge in [0.25, 0.3) is 5.91 Å². The number of amides is 3. The van der Waals surface area contributed by atoms with Gasteiger partial charge in [-0.2, -0.15) is 13.2 Å². The van der Waals surface area contributed by atoms with Gasteiger partial charge in [-0.25, -0.2) is 0 Å². The second kappa shape index (κ2) is 9.32. The fourth-order valence-electron chi connectivity index (χ4n) is 4.69. The van der Waals surface area contributed by atoms with Gasteiger partial charge in [0.15, 0.2) is 0 Å². The second-order valence-electron chi connectivity index (χ2n) is 9.19. The maximum absolute atomic E-state index is 13.3. The van der Waals surface area contributed by atoms with Crippen molar-refractivity contribution < 1.29 is 27.6 Å². The summed E-state index contributed by atoms with van der Waals surface area (Å²) >= 11 is 0. The number of alkyl halides is 3. The van der Waals surface area contributed by atoms with Crippen molar-refractivity contribution in [2.75, 3.05) is 24.5 Å². The first-order chi connectivity index (χ1) is 15.7. The average molecular weight is 467 g/mol. The molecule has 2 unspecified atom stereocenters. The molecule has 1 aromatic carbocycles. The van der Waals surface area contributed by atoms with Gasteiger partial charge in [0.2, 0.25) is 11.8 Å². The summed E-state index contributed by atoms with van der Waals surface area (Å²) in [6.45, 7) is 0.505. The van der Waals surface area contributed by atoms with Crippen molar-refractivity contribution in [1.29, 1.82) is 0 Å². The van der Waals surface area contributed by atoms with E-state index in [9.17, 15) is 27.6 Å².